The van der Waals surface area contributed by atoms with Crippen molar-refractivity contribution >= 4 is 35.4 Å². The smallest absolute Gasteiger partial charge is 0.416 e. The SMILES string of the molecule is Cc1ccc(C(=O)Nc2ccc(CCCC(=O)Oc3ccc(C(=O)O)cc3C(=O)O)cc2C(=O)N(C)C)c(-c2ccc(C(F)(F)F)cc2)n1. The summed E-state index contributed by atoms with van der Waals surface area (Å²) in [7, 11) is 3.05. The van der Waals surface area contributed by atoms with Crippen LogP contribution in [0, 0.1) is 6.92 Å². The molecule has 49 heavy (non-hydrogen) atoms. The maximum atomic E-state index is 13.5. The fourth-order valence-electron chi connectivity index (χ4n) is 4.77. The number of nitrogens with one attached hydrogen (secondary N) is 1. The Morgan fingerprint density at radius 3 is 2.14 bits per heavy atom. The number of benzene rings is 3. The van der Waals surface area contributed by atoms with E-state index in [0.717, 1.165) is 30.3 Å². The van der Waals surface area contributed by atoms with Gasteiger partial charge in [0.2, 0.25) is 0 Å². The predicted molar refractivity (Wildman–Crippen MR) is 171 cm³/mol. The van der Waals surface area contributed by atoms with Gasteiger partial charge in [-0.25, -0.2) is 9.59 Å². The van der Waals surface area contributed by atoms with Crippen molar-refractivity contribution in [3.63, 3.8) is 0 Å². The van der Waals surface area contributed by atoms with Gasteiger partial charge < -0.3 is 25.2 Å². The minimum absolute atomic E-state index is 0.0693. The number of amides is 2. The molecule has 4 aromatic rings. The lowest BCUT2D eigenvalue weighted by molar-refractivity contribution is -0.137. The second-order valence-electron chi connectivity index (χ2n) is 11.1. The average Bonchev–Trinajstić information content (AvgIpc) is 3.04. The molecule has 1 heterocycles. The lowest BCUT2D eigenvalue weighted by Crippen LogP contribution is -2.24. The van der Waals surface area contributed by atoms with Crippen molar-refractivity contribution < 1.29 is 52.1 Å². The summed E-state index contributed by atoms with van der Waals surface area (Å²) in [6.07, 6.45) is -4.14. The molecule has 0 unspecified atom stereocenters. The Bertz CT molecular complexity index is 1940. The molecule has 254 valence electrons. The Balaban J connectivity index is 1.51. The molecule has 0 aliphatic carbocycles. The van der Waals surface area contributed by atoms with E-state index in [-0.39, 0.29) is 52.2 Å². The van der Waals surface area contributed by atoms with Gasteiger partial charge in [-0.2, -0.15) is 13.2 Å². The second-order valence-corrected chi connectivity index (χ2v) is 11.1. The molecule has 0 radical (unpaired) electrons. The molecular weight excluding hydrogens is 647 g/mol. The summed E-state index contributed by atoms with van der Waals surface area (Å²) in [4.78, 5) is 67.5. The third-order valence-corrected chi connectivity index (χ3v) is 7.26. The molecule has 0 spiro atoms. The third kappa shape index (κ3) is 8.86. The highest BCUT2D eigenvalue weighted by atomic mass is 19.4. The first-order chi connectivity index (χ1) is 23.0. The van der Waals surface area contributed by atoms with E-state index in [4.69, 9.17) is 9.84 Å². The molecule has 4 rings (SSSR count). The number of ether oxygens (including phenoxy) is 1. The minimum Gasteiger partial charge on any atom is -0.478 e. The number of carbonyl (C=O) groups is 5. The Labute approximate surface area is 278 Å². The summed E-state index contributed by atoms with van der Waals surface area (Å²) in [6.45, 7) is 1.67. The van der Waals surface area contributed by atoms with Gasteiger partial charge in [-0.3, -0.25) is 19.4 Å². The monoisotopic (exact) mass is 677 g/mol. The van der Waals surface area contributed by atoms with Gasteiger partial charge in [0.15, 0.2) is 0 Å². The molecule has 11 nitrogen and oxygen atoms in total. The van der Waals surface area contributed by atoms with Crippen LogP contribution in [0.25, 0.3) is 11.3 Å². The largest absolute Gasteiger partial charge is 0.478 e. The summed E-state index contributed by atoms with van der Waals surface area (Å²) in [6, 6.07) is 15.2. The number of anilines is 1. The minimum atomic E-state index is -4.53. The lowest BCUT2D eigenvalue weighted by Gasteiger charge is -2.17. The number of pyridine rings is 1. The maximum Gasteiger partial charge on any atom is 0.416 e. The van der Waals surface area contributed by atoms with Crippen LogP contribution in [0.3, 0.4) is 0 Å². The highest BCUT2D eigenvalue weighted by Gasteiger charge is 2.30. The van der Waals surface area contributed by atoms with Gasteiger partial charge >= 0.3 is 24.1 Å². The van der Waals surface area contributed by atoms with Crippen LogP contribution in [0.4, 0.5) is 18.9 Å². The Morgan fingerprint density at radius 1 is 0.837 bits per heavy atom. The molecule has 0 aliphatic rings. The van der Waals surface area contributed by atoms with Crippen LogP contribution in [0.1, 0.15) is 71.1 Å². The molecule has 14 heteroatoms. The second kappa shape index (κ2) is 14.8. The number of carboxylic acid groups (broad SMARTS) is 2. The van der Waals surface area contributed by atoms with Gasteiger partial charge in [0, 0.05) is 31.8 Å². The zero-order valence-electron chi connectivity index (χ0n) is 26.4. The van der Waals surface area contributed by atoms with Crippen LogP contribution in [0.5, 0.6) is 5.75 Å². The highest BCUT2D eigenvalue weighted by molar-refractivity contribution is 6.11. The lowest BCUT2D eigenvalue weighted by atomic mass is 10.0. The number of rotatable bonds is 11. The highest BCUT2D eigenvalue weighted by Crippen LogP contribution is 2.32. The van der Waals surface area contributed by atoms with Crippen LogP contribution in [-0.2, 0) is 17.4 Å². The number of carboxylic acids is 2. The Hall–Kier alpha value is -6.05. The molecule has 0 fully saturated rings. The zero-order chi connectivity index (χ0) is 36.0. The summed E-state index contributed by atoms with van der Waals surface area (Å²) in [5.41, 5.74) is 0.368. The van der Waals surface area contributed by atoms with Crippen molar-refractivity contribution in [2.75, 3.05) is 19.4 Å². The van der Waals surface area contributed by atoms with Gasteiger partial charge in [-0.1, -0.05) is 18.2 Å². The van der Waals surface area contributed by atoms with Crippen molar-refractivity contribution in [3.8, 4) is 17.0 Å². The summed E-state index contributed by atoms with van der Waals surface area (Å²) < 4.78 is 44.5. The van der Waals surface area contributed by atoms with E-state index in [1.165, 1.54) is 43.3 Å². The third-order valence-electron chi connectivity index (χ3n) is 7.26. The van der Waals surface area contributed by atoms with Crippen molar-refractivity contribution in [2.24, 2.45) is 0 Å². The predicted octanol–water partition coefficient (Wildman–Crippen LogP) is 6.35. The first kappa shape index (κ1) is 35.8. The molecule has 0 bridgehead atoms. The van der Waals surface area contributed by atoms with Crippen LogP contribution < -0.4 is 10.1 Å². The standard InChI is InChI=1S/C35H30F3N3O8/c1-19-7-14-24(30(39-19)21-9-12-23(13-10-21)35(36,37)38)31(43)40-27-15-8-20(17-25(27)32(44)41(2)3)5-4-6-29(42)49-28-16-11-22(33(45)46)18-26(28)34(47)48/h7-18H,4-6H2,1-3H3,(H,40,43)(H,45,46)(H,47,48). The molecule has 3 N–H and O–H groups in total. The zero-order valence-corrected chi connectivity index (χ0v) is 26.4. The number of hydrogen-bond acceptors (Lipinski definition) is 7. The molecule has 0 saturated carbocycles. The number of nitrogens with zero attached hydrogens (tertiary/aromatic N) is 2. The number of alkyl halides is 3. The van der Waals surface area contributed by atoms with Crippen molar-refractivity contribution in [3.05, 3.63) is 112 Å². The number of aryl methyl sites for hydroxylation is 2. The van der Waals surface area contributed by atoms with Gasteiger partial charge in [-0.15, -0.1) is 0 Å². The molecule has 3 aromatic carbocycles. The van der Waals surface area contributed by atoms with Crippen LogP contribution >= 0.6 is 0 Å². The van der Waals surface area contributed by atoms with Crippen LogP contribution in [-0.4, -0.2) is 63.9 Å². The van der Waals surface area contributed by atoms with Crippen molar-refractivity contribution in [1.29, 1.82) is 0 Å². The normalized spacial score (nSPS) is 11.1. The molecule has 2 amide bonds. The number of hydrogen-bond donors (Lipinski definition) is 3. The molecule has 0 aliphatic heterocycles. The number of aromatic nitrogens is 1. The summed E-state index contributed by atoms with van der Waals surface area (Å²) in [5.74, 6) is -4.95. The number of aromatic carboxylic acids is 2. The first-order valence-electron chi connectivity index (χ1n) is 14.7. The average molecular weight is 678 g/mol. The van der Waals surface area contributed by atoms with E-state index >= 15 is 0 Å². The van der Waals surface area contributed by atoms with Crippen molar-refractivity contribution in [1.82, 2.24) is 9.88 Å². The molecule has 1 aromatic heterocycles. The van der Waals surface area contributed by atoms with Crippen LogP contribution in [0.15, 0.2) is 72.8 Å². The molecular formula is C35H30F3N3O8. The summed E-state index contributed by atoms with van der Waals surface area (Å²) in [5, 5.41) is 21.2. The Kier molecular flexibility index (Phi) is 10.8. The maximum absolute atomic E-state index is 13.5. The first-order valence-corrected chi connectivity index (χ1v) is 14.7. The van der Waals surface area contributed by atoms with E-state index < -0.39 is 47.0 Å². The topological polar surface area (TPSA) is 163 Å². The van der Waals surface area contributed by atoms with Gasteiger partial charge in [-0.05, 0) is 79.9 Å². The quantitative estimate of drug-likeness (QED) is 0.121. The number of esters is 1. The Morgan fingerprint density at radius 2 is 1.53 bits per heavy atom. The van der Waals surface area contributed by atoms with E-state index in [1.807, 2.05) is 0 Å². The van der Waals surface area contributed by atoms with E-state index in [2.05, 4.69) is 10.3 Å². The van der Waals surface area contributed by atoms with E-state index in [0.29, 0.717) is 17.7 Å². The molecule has 0 atom stereocenters. The van der Waals surface area contributed by atoms with Crippen molar-refractivity contribution in [2.45, 2.75) is 32.4 Å². The molecule has 0 saturated heterocycles. The summed E-state index contributed by atoms with van der Waals surface area (Å²) >= 11 is 0. The van der Waals surface area contributed by atoms with E-state index in [9.17, 15) is 42.3 Å². The number of carbonyl (C=O) groups excluding carboxylic acids is 3. The van der Waals surface area contributed by atoms with E-state index in [1.54, 1.807) is 25.1 Å². The fourth-order valence-corrected chi connectivity index (χ4v) is 4.77. The van der Waals surface area contributed by atoms with Gasteiger partial charge in [0.05, 0.1) is 33.6 Å². The van der Waals surface area contributed by atoms with Gasteiger partial charge in [0.25, 0.3) is 11.8 Å². The van der Waals surface area contributed by atoms with Crippen LogP contribution in [0.2, 0.25) is 0 Å². The van der Waals surface area contributed by atoms with Gasteiger partial charge in [0.1, 0.15) is 11.3 Å². The fraction of sp³-hybridized carbons (Fsp3) is 0.200. The number of halogens is 3.